The maximum absolute atomic E-state index is 14.1. The number of benzene rings is 1. The van der Waals surface area contributed by atoms with Gasteiger partial charge < -0.3 is 15.2 Å². The second-order valence-electron chi connectivity index (χ2n) is 5.04. The molecule has 2 rings (SSSR count). The summed E-state index contributed by atoms with van der Waals surface area (Å²) in [5, 5.41) is 0. The second-order valence-corrected chi connectivity index (χ2v) is 5.04. The van der Waals surface area contributed by atoms with Crippen molar-refractivity contribution >= 4 is 0 Å². The molecule has 1 aliphatic heterocycles. The van der Waals surface area contributed by atoms with E-state index in [1.165, 1.54) is 13.5 Å². The Morgan fingerprint density at radius 2 is 2.32 bits per heavy atom. The lowest BCUT2D eigenvalue weighted by atomic mass is 9.97. The van der Waals surface area contributed by atoms with Gasteiger partial charge in [-0.05, 0) is 38.2 Å². The summed E-state index contributed by atoms with van der Waals surface area (Å²) < 4.78 is 24.7. The summed E-state index contributed by atoms with van der Waals surface area (Å²) in [6.45, 7) is 0.841. The van der Waals surface area contributed by atoms with Gasteiger partial charge in [-0.25, -0.2) is 4.39 Å². The van der Waals surface area contributed by atoms with E-state index in [-0.39, 0.29) is 23.7 Å². The molecule has 2 atom stereocenters. The zero-order chi connectivity index (χ0) is 13.7. The van der Waals surface area contributed by atoms with Crippen molar-refractivity contribution < 1.29 is 13.9 Å². The number of hydrogen-bond donors (Lipinski definition) is 1. The second kappa shape index (κ2) is 6.87. The predicted molar refractivity (Wildman–Crippen MR) is 72.7 cm³/mol. The van der Waals surface area contributed by atoms with E-state index in [1.54, 1.807) is 18.2 Å². The molecule has 1 aromatic rings. The zero-order valence-electron chi connectivity index (χ0n) is 11.4. The highest BCUT2D eigenvalue weighted by Gasteiger charge is 2.18. The predicted octanol–water partition coefficient (Wildman–Crippen LogP) is 3.18. The van der Waals surface area contributed by atoms with Crippen LogP contribution in [0.4, 0.5) is 4.39 Å². The molecular weight excluding hydrogens is 245 g/mol. The first-order chi connectivity index (χ1) is 9.22. The van der Waals surface area contributed by atoms with Gasteiger partial charge in [-0.15, -0.1) is 0 Å². The fourth-order valence-corrected chi connectivity index (χ4v) is 2.53. The van der Waals surface area contributed by atoms with E-state index < -0.39 is 0 Å². The lowest BCUT2D eigenvalue weighted by molar-refractivity contribution is 0.00907. The minimum absolute atomic E-state index is 0.252. The minimum Gasteiger partial charge on any atom is -0.494 e. The number of hydrogen-bond acceptors (Lipinski definition) is 3. The SMILES string of the molecule is COc1cccc(C(N)CCC2CCCCO2)c1F. The van der Waals surface area contributed by atoms with Crippen LogP contribution in [0.1, 0.15) is 43.7 Å². The standard InChI is InChI=1S/C15H22FNO2/c1-18-14-7-4-6-12(15(14)16)13(17)9-8-11-5-2-3-10-19-11/h4,6-7,11,13H,2-3,5,8-10,17H2,1H3. The fraction of sp³-hybridized carbons (Fsp3) is 0.600. The Kier molecular flexibility index (Phi) is 5.16. The first kappa shape index (κ1) is 14.3. The van der Waals surface area contributed by atoms with Crippen LogP contribution in [0.3, 0.4) is 0 Å². The number of ether oxygens (including phenoxy) is 2. The van der Waals surface area contributed by atoms with Crippen molar-refractivity contribution in [2.75, 3.05) is 13.7 Å². The molecule has 0 aromatic heterocycles. The third kappa shape index (κ3) is 3.67. The van der Waals surface area contributed by atoms with Crippen LogP contribution in [0.15, 0.2) is 18.2 Å². The van der Waals surface area contributed by atoms with Crippen LogP contribution in [-0.4, -0.2) is 19.8 Å². The van der Waals surface area contributed by atoms with E-state index in [9.17, 15) is 4.39 Å². The van der Waals surface area contributed by atoms with E-state index in [4.69, 9.17) is 15.2 Å². The number of methoxy groups -OCH3 is 1. The highest BCUT2D eigenvalue weighted by atomic mass is 19.1. The van der Waals surface area contributed by atoms with Gasteiger partial charge in [0.05, 0.1) is 13.2 Å². The van der Waals surface area contributed by atoms with Crippen molar-refractivity contribution in [2.24, 2.45) is 5.73 Å². The van der Waals surface area contributed by atoms with Gasteiger partial charge in [0.25, 0.3) is 0 Å². The summed E-state index contributed by atoms with van der Waals surface area (Å²) in [5.41, 5.74) is 6.61. The Hall–Kier alpha value is -1.13. The lowest BCUT2D eigenvalue weighted by Crippen LogP contribution is -2.21. The molecule has 1 saturated heterocycles. The average molecular weight is 267 g/mol. The van der Waals surface area contributed by atoms with Gasteiger partial charge in [0, 0.05) is 18.2 Å². The van der Waals surface area contributed by atoms with Crippen LogP contribution in [0.2, 0.25) is 0 Å². The first-order valence-electron chi connectivity index (χ1n) is 6.92. The van der Waals surface area contributed by atoms with Crippen molar-refractivity contribution in [1.29, 1.82) is 0 Å². The molecule has 3 nitrogen and oxygen atoms in total. The van der Waals surface area contributed by atoms with E-state index in [2.05, 4.69) is 0 Å². The van der Waals surface area contributed by atoms with Crippen molar-refractivity contribution in [2.45, 2.75) is 44.2 Å². The van der Waals surface area contributed by atoms with Gasteiger partial charge in [0.15, 0.2) is 11.6 Å². The van der Waals surface area contributed by atoms with Gasteiger partial charge in [-0.1, -0.05) is 12.1 Å². The van der Waals surface area contributed by atoms with Gasteiger partial charge in [0.1, 0.15) is 0 Å². The molecule has 1 heterocycles. The molecule has 0 amide bonds. The highest BCUT2D eigenvalue weighted by Crippen LogP contribution is 2.27. The molecule has 1 aliphatic rings. The van der Waals surface area contributed by atoms with E-state index >= 15 is 0 Å². The van der Waals surface area contributed by atoms with E-state index in [0.717, 1.165) is 32.3 Å². The lowest BCUT2D eigenvalue weighted by Gasteiger charge is -2.24. The maximum atomic E-state index is 14.1. The molecule has 0 saturated carbocycles. The third-order valence-electron chi connectivity index (χ3n) is 3.69. The molecule has 4 heteroatoms. The quantitative estimate of drug-likeness (QED) is 0.891. The molecule has 1 fully saturated rings. The van der Waals surface area contributed by atoms with Crippen LogP contribution >= 0.6 is 0 Å². The maximum Gasteiger partial charge on any atom is 0.169 e. The van der Waals surface area contributed by atoms with E-state index in [0.29, 0.717) is 5.56 Å². The fourth-order valence-electron chi connectivity index (χ4n) is 2.53. The van der Waals surface area contributed by atoms with Gasteiger partial charge in [0.2, 0.25) is 0 Å². The number of nitrogens with two attached hydrogens (primary N) is 1. The summed E-state index contributed by atoms with van der Waals surface area (Å²) in [4.78, 5) is 0. The Balaban J connectivity index is 1.93. The monoisotopic (exact) mass is 267 g/mol. The van der Waals surface area contributed by atoms with Crippen LogP contribution < -0.4 is 10.5 Å². The van der Waals surface area contributed by atoms with Crippen LogP contribution in [0.5, 0.6) is 5.75 Å². The summed E-state index contributed by atoms with van der Waals surface area (Å²) in [6.07, 6.45) is 5.36. The van der Waals surface area contributed by atoms with Crippen LogP contribution in [0, 0.1) is 5.82 Å². The van der Waals surface area contributed by atoms with Crippen molar-refractivity contribution in [3.05, 3.63) is 29.6 Å². The molecule has 0 bridgehead atoms. The third-order valence-corrected chi connectivity index (χ3v) is 3.69. The molecule has 0 aliphatic carbocycles. The van der Waals surface area contributed by atoms with Crippen molar-refractivity contribution in [3.8, 4) is 5.75 Å². The van der Waals surface area contributed by atoms with Crippen LogP contribution in [0.25, 0.3) is 0 Å². The smallest absolute Gasteiger partial charge is 0.169 e. The van der Waals surface area contributed by atoms with Gasteiger partial charge >= 0.3 is 0 Å². The minimum atomic E-state index is -0.345. The largest absolute Gasteiger partial charge is 0.494 e. The molecule has 0 radical (unpaired) electrons. The summed E-state index contributed by atoms with van der Waals surface area (Å²) in [5.74, 6) is -0.0936. The zero-order valence-corrected chi connectivity index (χ0v) is 11.4. The molecule has 1 aromatic carbocycles. The van der Waals surface area contributed by atoms with E-state index in [1.807, 2.05) is 0 Å². The molecule has 0 spiro atoms. The molecule has 106 valence electrons. The summed E-state index contributed by atoms with van der Waals surface area (Å²) >= 11 is 0. The molecule has 19 heavy (non-hydrogen) atoms. The molecular formula is C15H22FNO2. The Labute approximate surface area is 113 Å². The summed E-state index contributed by atoms with van der Waals surface area (Å²) in [7, 11) is 1.46. The Morgan fingerprint density at radius 1 is 1.47 bits per heavy atom. The Bertz CT molecular complexity index is 405. The average Bonchev–Trinajstić information content (AvgIpc) is 2.46. The Morgan fingerprint density at radius 3 is 3.00 bits per heavy atom. The number of rotatable bonds is 5. The normalized spacial score (nSPS) is 21.1. The summed E-state index contributed by atoms with van der Waals surface area (Å²) in [6, 6.07) is 4.80. The van der Waals surface area contributed by atoms with Gasteiger partial charge in [-0.2, -0.15) is 0 Å². The first-order valence-corrected chi connectivity index (χ1v) is 6.92. The van der Waals surface area contributed by atoms with Crippen molar-refractivity contribution in [1.82, 2.24) is 0 Å². The van der Waals surface area contributed by atoms with Crippen molar-refractivity contribution in [3.63, 3.8) is 0 Å². The highest BCUT2D eigenvalue weighted by molar-refractivity contribution is 5.32. The molecule has 2 N–H and O–H groups in total. The van der Waals surface area contributed by atoms with Crippen LogP contribution in [-0.2, 0) is 4.74 Å². The topological polar surface area (TPSA) is 44.5 Å². The van der Waals surface area contributed by atoms with Gasteiger partial charge in [-0.3, -0.25) is 0 Å². The number of halogens is 1. The molecule has 2 unspecified atom stereocenters.